The lowest BCUT2D eigenvalue weighted by atomic mass is 10.3. The third-order valence-corrected chi connectivity index (χ3v) is 2.92. The molecule has 3 N–H and O–H groups in total. The van der Waals surface area contributed by atoms with Gasteiger partial charge in [-0.3, -0.25) is 0 Å². The number of hydrogen-bond donors (Lipinski definition) is 2. The van der Waals surface area contributed by atoms with E-state index in [0.29, 0.717) is 33.9 Å². The maximum absolute atomic E-state index is 6.05. The van der Waals surface area contributed by atoms with E-state index in [0.717, 1.165) is 0 Å². The highest BCUT2D eigenvalue weighted by Gasteiger charge is 2.05. The van der Waals surface area contributed by atoms with E-state index in [-0.39, 0.29) is 0 Å². The van der Waals surface area contributed by atoms with E-state index in [1.165, 1.54) is 0 Å². The molecule has 1 aromatic heterocycles. The number of aromatic nitrogens is 2. The average molecular weight is 269 g/mol. The largest absolute Gasteiger partial charge is 0.339 e. The van der Waals surface area contributed by atoms with Gasteiger partial charge in [0.15, 0.2) is 0 Å². The van der Waals surface area contributed by atoms with E-state index in [1.807, 2.05) is 12.1 Å². The lowest BCUT2D eigenvalue weighted by molar-refractivity contribution is 0.912. The van der Waals surface area contributed by atoms with Gasteiger partial charge in [0.1, 0.15) is 11.6 Å². The van der Waals surface area contributed by atoms with Crippen LogP contribution in [0.25, 0.3) is 0 Å². The zero-order valence-corrected chi connectivity index (χ0v) is 10.3. The van der Waals surface area contributed by atoms with Gasteiger partial charge in [-0.1, -0.05) is 29.3 Å². The Morgan fingerprint density at radius 1 is 1.24 bits per heavy atom. The third kappa shape index (κ3) is 2.85. The second-order valence-corrected chi connectivity index (χ2v) is 4.07. The first-order chi connectivity index (χ1) is 8.20. The van der Waals surface area contributed by atoms with Crippen molar-refractivity contribution in [3.8, 4) is 0 Å². The Kier molecular flexibility index (Phi) is 3.78. The highest BCUT2D eigenvalue weighted by molar-refractivity contribution is 6.43. The molecule has 0 atom stereocenters. The Morgan fingerprint density at radius 2 is 2.06 bits per heavy atom. The fraction of sp³-hybridized carbons (Fsp3) is 0.0909. The minimum atomic E-state index is 0.290. The number of nitrogens with zero attached hydrogens (tertiary/aromatic N) is 2. The summed E-state index contributed by atoms with van der Waals surface area (Å²) in [6, 6.07) is 7.08. The van der Waals surface area contributed by atoms with Gasteiger partial charge in [0.25, 0.3) is 0 Å². The van der Waals surface area contributed by atoms with Crippen molar-refractivity contribution in [2.45, 2.75) is 6.54 Å². The second-order valence-electron chi connectivity index (χ2n) is 3.29. The standard InChI is InChI=1S/C11H10Cl2N4/c12-7-2-1-3-8(11(7)13)16-9-4-5-15-10(6-14)17-9/h1-5H,6,14H2,(H,15,16,17). The van der Waals surface area contributed by atoms with Crippen LogP contribution in [0.5, 0.6) is 0 Å². The van der Waals surface area contributed by atoms with Crippen LogP contribution in [-0.4, -0.2) is 9.97 Å². The van der Waals surface area contributed by atoms with Gasteiger partial charge in [0.2, 0.25) is 0 Å². The van der Waals surface area contributed by atoms with Crippen LogP contribution >= 0.6 is 23.2 Å². The molecule has 2 aromatic rings. The smallest absolute Gasteiger partial charge is 0.144 e. The van der Waals surface area contributed by atoms with Crippen LogP contribution in [0.4, 0.5) is 11.5 Å². The van der Waals surface area contributed by atoms with Crippen LogP contribution in [0, 0.1) is 0 Å². The monoisotopic (exact) mass is 268 g/mol. The Bertz CT molecular complexity index is 531. The number of hydrogen-bond acceptors (Lipinski definition) is 4. The molecule has 88 valence electrons. The van der Waals surface area contributed by atoms with Crippen LogP contribution in [0.3, 0.4) is 0 Å². The Hall–Kier alpha value is -1.36. The molecule has 0 spiro atoms. The zero-order chi connectivity index (χ0) is 12.3. The molecule has 0 bridgehead atoms. The van der Waals surface area contributed by atoms with E-state index >= 15 is 0 Å². The van der Waals surface area contributed by atoms with E-state index in [2.05, 4.69) is 15.3 Å². The molecular formula is C11H10Cl2N4. The Morgan fingerprint density at radius 3 is 2.82 bits per heavy atom. The van der Waals surface area contributed by atoms with Crippen molar-refractivity contribution in [3.63, 3.8) is 0 Å². The summed E-state index contributed by atoms with van der Waals surface area (Å²) in [6.07, 6.45) is 1.63. The quantitative estimate of drug-likeness (QED) is 0.899. The first-order valence-corrected chi connectivity index (χ1v) is 5.69. The van der Waals surface area contributed by atoms with Crippen molar-refractivity contribution in [3.05, 3.63) is 46.3 Å². The van der Waals surface area contributed by atoms with Crippen LogP contribution in [-0.2, 0) is 6.54 Å². The molecule has 17 heavy (non-hydrogen) atoms. The van der Waals surface area contributed by atoms with E-state index in [9.17, 15) is 0 Å². The van der Waals surface area contributed by atoms with Gasteiger partial charge in [0, 0.05) is 6.20 Å². The van der Waals surface area contributed by atoms with E-state index in [4.69, 9.17) is 28.9 Å². The van der Waals surface area contributed by atoms with E-state index < -0.39 is 0 Å². The van der Waals surface area contributed by atoms with Crippen LogP contribution in [0.2, 0.25) is 10.0 Å². The third-order valence-electron chi connectivity index (χ3n) is 2.10. The summed E-state index contributed by atoms with van der Waals surface area (Å²) in [5.41, 5.74) is 6.16. The van der Waals surface area contributed by atoms with Gasteiger partial charge in [-0.25, -0.2) is 9.97 Å². The lowest BCUT2D eigenvalue weighted by Crippen LogP contribution is -2.04. The van der Waals surface area contributed by atoms with Gasteiger partial charge >= 0.3 is 0 Å². The number of anilines is 2. The molecule has 0 saturated carbocycles. The zero-order valence-electron chi connectivity index (χ0n) is 8.82. The normalized spacial score (nSPS) is 10.3. The molecule has 0 fully saturated rings. The molecule has 0 saturated heterocycles. The van der Waals surface area contributed by atoms with Crippen molar-refractivity contribution in [1.29, 1.82) is 0 Å². The fourth-order valence-corrected chi connectivity index (χ4v) is 1.65. The van der Waals surface area contributed by atoms with Crippen molar-refractivity contribution in [2.24, 2.45) is 5.73 Å². The predicted molar refractivity (Wildman–Crippen MR) is 69.7 cm³/mol. The second kappa shape index (κ2) is 5.31. The van der Waals surface area contributed by atoms with Gasteiger partial charge in [-0.05, 0) is 18.2 Å². The Labute approximate surface area is 109 Å². The molecule has 0 unspecified atom stereocenters. The van der Waals surface area contributed by atoms with Crippen LogP contribution in [0.1, 0.15) is 5.82 Å². The summed E-state index contributed by atoms with van der Waals surface area (Å²) in [4.78, 5) is 8.21. The van der Waals surface area contributed by atoms with E-state index in [1.54, 1.807) is 18.3 Å². The molecule has 0 aliphatic rings. The van der Waals surface area contributed by atoms with Crippen molar-refractivity contribution < 1.29 is 0 Å². The maximum atomic E-state index is 6.05. The number of rotatable bonds is 3. The number of nitrogens with two attached hydrogens (primary N) is 1. The number of halogens is 2. The molecule has 1 heterocycles. The summed E-state index contributed by atoms with van der Waals surface area (Å²) in [5, 5.41) is 4.02. The lowest BCUT2D eigenvalue weighted by Gasteiger charge is -2.08. The summed E-state index contributed by atoms with van der Waals surface area (Å²) in [6.45, 7) is 0.290. The van der Waals surface area contributed by atoms with Crippen molar-refractivity contribution in [1.82, 2.24) is 9.97 Å². The van der Waals surface area contributed by atoms with Crippen molar-refractivity contribution >= 4 is 34.7 Å². The number of benzene rings is 1. The predicted octanol–water partition coefficient (Wildman–Crippen LogP) is 2.99. The van der Waals surface area contributed by atoms with Crippen LogP contribution < -0.4 is 11.1 Å². The minimum absolute atomic E-state index is 0.290. The molecule has 0 radical (unpaired) electrons. The fourth-order valence-electron chi connectivity index (χ4n) is 1.31. The molecule has 1 aromatic carbocycles. The highest BCUT2D eigenvalue weighted by atomic mass is 35.5. The highest BCUT2D eigenvalue weighted by Crippen LogP contribution is 2.31. The molecule has 2 rings (SSSR count). The minimum Gasteiger partial charge on any atom is -0.339 e. The molecule has 4 nitrogen and oxygen atoms in total. The first kappa shape index (κ1) is 12.1. The molecular weight excluding hydrogens is 259 g/mol. The van der Waals surface area contributed by atoms with Crippen LogP contribution in [0.15, 0.2) is 30.5 Å². The summed E-state index contributed by atoms with van der Waals surface area (Å²) >= 11 is 12.0. The maximum Gasteiger partial charge on any atom is 0.144 e. The summed E-state index contributed by atoms with van der Waals surface area (Å²) in [5.74, 6) is 1.19. The van der Waals surface area contributed by atoms with Crippen molar-refractivity contribution in [2.75, 3.05) is 5.32 Å². The molecule has 6 heteroatoms. The molecule has 0 aliphatic carbocycles. The SMILES string of the molecule is NCc1nccc(Nc2cccc(Cl)c2Cl)n1. The van der Waals surface area contributed by atoms with Gasteiger partial charge in [0.05, 0.1) is 22.3 Å². The van der Waals surface area contributed by atoms with Gasteiger partial charge in [-0.2, -0.15) is 0 Å². The summed E-state index contributed by atoms with van der Waals surface area (Å²) in [7, 11) is 0. The average Bonchev–Trinajstić information content (AvgIpc) is 2.35. The summed E-state index contributed by atoms with van der Waals surface area (Å²) < 4.78 is 0. The topological polar surface area (TPSA) is 63.8 Å². The molecule has 0 amide bonds. The van der Waals surface area contributed by atoms with Gasteiger partial charge < -0.3 is 11.1 Å². The number of nitrogens with one attached hydrogen (secondary N) is 1. The molecule has 0 aliphatic heterocycles. The Balaban J connectivity index is 2.28. The van der Waals surface area contributed by atoms with Gasteiger partial charge in [-0.15, -0.1) is 0 Å². The first-order valence-electron chi connectivity index (χ1n) is 4.93.